The van der Waals surface area contributed by atoms with Gasteiger partial charge in [-0.15, -0.1) is 0 Å². The molecule has 0 aliphatic heterocycles. The van der Waals surface area contributed by atoms with Crippen LogP contribution < -0.4 is 5.32 Å². The predicted octanol–water partition coefficient (Wildman–Crippen LogP) is 4.00. The molecular formula is C19H27NO2. The van der Waals surface area contributed by atoms with Crippen LogP contribution in [0.3, 0.4) is 0 Å². The molecule has 0 aliphatic carbocycles. The van der Waals surface area contributed by atoms with Gasteiger partial charge in [0.25, 0.3) is 0 Å². The first-order valence-electron chi connectivity index (χ1n) is 7.85. The maximum Gasteiger partial charge on any atom is 0.408 e. The third kappa shape index (κ3) is 5.81. The lowest BCUT2D eigenvalue weighted by Gasteiger charge is -2.19. The van der Waals surface area contributed by atoms with Crippen molar-refractivity contribution in [3.8, 4) is 11.8 Å². The molecule has 1 aromatic carbocycles. The number of rotatable bonds is 3. The standard InChI is InChI=1S/C19H27NO2/c1-7-15-12-14(3)13-16(8-2)17(15)10-9-11-20-18(21)22-19(4,5)6/h12-13H,7-8,11H2,1-6H3,(H,20,21). The van der Waals surface area contributed by atoms with E-state index in [-0.39, 0.29) is 6.54 Å². The fraction of sp³-hybridized carbons (Fsp3) is 0.526. The van der Waals surface area contributed by atoms with E-state index in [0.29, 0.717) is 0 Å². The van der Waals surface area contributed by atoms with Gasteiger partial charge in [-0.25, -0.2) is 4.79 Å². The minimum Gasteiger partial charge on any atom is -0.444 e. The molecule has 0 bridgehead atoms. The van der Waals surface area contributed by atoms with E-state index in [4.69, 9.17) is 4.74 Å². The van der Waals surface area contributed by atoms with Crippen LogP contribution in [0.1, 0.15) is 56.9 Å². The average molecular weight is 301 g/mol. The van der Waals surface area contributed by atoms with Gasteiger partial charge in [0.2, 0.25) is 0 Å². The number of carbonyl (C=O) groups is 1. The molecule has 0 aromatic heterocycles. The molecular weight excluding hydrogens is 274 g/mol. The molecule has 0 spiro atoms. The van der Waals surface area contributed by atoms with Crippen LogP contribution in [0.4, 0.5) is 4.79 Å². The summed E-state index contributed by atoms with van der Waals surface area (Å²) in [6, 6.07) is 4.37. The third-order valence-corrected chi connectivity index (χ3v) is 3.14. The monoisotopic (exact) mass is 301 g/mol. The second kappa shape index (κ2) is 7.89. The molecule has 0 unspecified atom stereocenters. The van der Waals surface area contributed by atoms with E-state index in [9.17, 15) is 4.79 Å². The molecule has 3 heteroatoms. The Morgan fingerprint density at radius 3 is 2.18 bits per heavy atom. The summed E-state index contributed by atoms with van der Waals surface area (Å²) in [7, 11) is 0. The maximum absolute atomic E-state index is 11.6. The highest BCUT2D eigenvalue weighted by Crippen LogP contribution is 2.18. The molecule has 1 aromatic rings. The van der Waals surface area contributed by atoms with E-state index in [1.165, 1.54) is 16.7 Å². The molecule has 0 saturated carbocycles. The van der Waals surface area contributed by atoms with Crippen molar-refractivity contribution in [3.63, 3.8) is 0 Å². The predicted molar refractivity (Wildman–Crippen MR) is 91.0 cm³/mol. The van der Waals surface area contributed by atoms with Crippen molar-refractivity contribution in [2.75, 3.05) is 6.54 Å². The van der Waals surface area contributed by atoms with Gasteiger partial charge in [-0.05, 0) is 51.7 Å². The molecule has 0 heterocycles. The van der Waals surface area contributed by atoms with Crippen LogP contribution in [-0.2, 0) is 17.6 Å². The number of aryl methyl sites for hydroxylation is 3. The van der Waals surface area contributed by atoms with Gasteiger partial charge in [0.1, 0.15) is 5.60 Å². The smallest absolute Gasteiger partial charge is 0.408 e. The molecule has 1 rings (SSSR count). The van der Waals surface area contributed by atoms with Crippen LogP contribution in [-0.4, -0.2) is 18.2 Å². The molecule has 1 amide bonds. The SMILES string of the molecule is CCc1cc(C)cc(CC)c1C#CCNC(=O)OC(C)(C)C. The summed E-state index contributed by atoms with van der Waals surface area (Å²) < 4.78 is 5.18. The third-order valence-electron chi connectivity index (χ3n) is 3.14. The highest BCUT2D eigenvalue weighted by molar-refractivity contribution is 5.68. The van der Waals surface area contributed by atoms with Crippen molar-refractivity contribution >= 4 is 6.09 Å². The van der Waals surface area contributed by atoms with Gasteiger partial charge in [0, 0.05) is 5.56 Å². The van der Waals surface area contributed by atoms with Crippen LogP contribution >= 0.6 is 0 Å². The van der Waals surface area contributed by atoms with E-state index in [1.54, 1.807) is 0 Å². The average Bonchev–Trinajstić information content (AvgIpc) is 2.41. The number of ether oxygens (including phenoxy) is 1. The summed E-state index contributed by atoms with van der Waals surface area (Å²) in [5.41, 5.74) is 4.41. The van der Waals surface area contributed by atoms with E-state index in [1.807, 2.05) is 20.8 Å². The second-order valence-corrected chi connectivity index (χ2v) is 6.32. The quantitative estimate of drug-likeness (QED) is 0.857. The first-order valence-corrected chi connectivity index (χ1v) is 7.85. The molecule has 0 radical (unpaired) electrons. The van der Waals surface area contributed by atoms with E-state index in [0.717, 1.165) is 18.4 Å². The van der Waals surface area contributed by atoms with Gasteiger partial charge >= 0.3 is 6.09 Å². The lowest BCUT2D eigenvalue weighted by molar-refractivity contribution is 0.0535. The molecule has 0 fully saturated rings. The number of amides is 1. The Labute approximate surface area is 134 Å². The molecule has 120 valence electrons. The van der Waals surface area contributed by atoms with Gasteiger partial charge in [-0.2, -0.15) is 0 Å². The molecule has 1 N–H and O–H groups in total. The first kappa shape index (κ1) is 18.1. The molecule has 0 aliphatic rings. The van der Waals surface area contributed by atoms with E-state index >= 15 is 0 Å². The van der Waals surface area contributed by atoms with Crippen molar-refractivity contribution in [1.82, 2.24) is 5.32 Å². The van der Waals surface area contributed by atoms with Gasteiger partial charge in [0.05, 0.1) is 6.54 Å². The minimum atomic E-state index is -0.487. The Hall–Kier alpha value is -1.95. The topological polar surface area (TPSA) is 38.3 Å². The lowest BCUT2D eigenvalue weighted by atomic mass is 9.95. The number of nitrogens with one attached hydrogen (secondary N) is 1. The van der Waals surface area contributed by atoms with E-state index in [2.05, 4.69) is 50.1 Å². The molecule has 22 heavy (non-hydrogen) atoms. The number of carbonyl (C=O) groups excluding carboxylic acids is 1. The highest BCUT2D eigenvalue weighted by Gasteiger charge is 2.15. The Bertz CT molecular complexity index is 561. The highest BCUT2D eigenvalue weighted by atomic mass is 16.6. The van der Waals surface area contributed by atoms with Crippen molar-refractivity contribution in [2.45, 2.75) is 60.0 Å². The zero-order chi connectivity index (χ0) is 16.8. The van der Waals surface area contributed by atoms with Gasteiger partial charge < -0.3 is 10.1 Å². The molecule has 3 nitrogen and oxygen atoms in total. The number of alkyl carbamates (subject to hydrolysis) is 1. The zero-order valence-electron chi connectivity index (χ0n) is 14.6. The Morgan fingerprint density at radius 2 is 1.73 bits per heavy atom. The Morgan fingerprint density at radius 1 is 1.18 bits per heavy atom. The summed E-state index contributed by atoms with van der Waals surface area (Å²) in [4.78, 5) is 11.6. The summed E-state index contributed by atoms with van der Waals surface area (Å²) in [5.74, 6) is 6.23. The molecule has 0 saturated heterocycles. The number of hydrogen-bond donors (Lipinski definition) is 1. The van der Waals surface area contributed by atoms with E-state index < -0.39 is 11.7 Å². The first-order chi connectivity index (χ1) is 10.3. The van der Waals surface area contributed by atoms with Gasteiger partial charge in [0.15, 0.2) is 0 Å². The minimum absolute atomic E-state index is 0.287. The van der Waals surface area contributed by atoms with Gasteiger partial charge in [-0.3, -0.25) is 0 Å². The van der Waals surface area contributed by atoms with Crippen molar-refractivity contribution in [2.24, 2.45) is 0 Å². The number of hydrogen-bond acceptors (Lipinski definition) is 2. The van der Waals surface area contributed by atoms with Gasteiger partial charge in [-0.1, -0.05) is 43.4 Å². The van der Waals surface area contributed by atoms with Crippen LogP contribution in [0.2, 0.25) is 0 Å². The summed E-state index contributed by atoms with van der Waals surface area (Å²) in [6.45, 7) is 12.2. The summed E-state index contributed by atoms with van der Waals surface area (Å²) in [5, 5.41) is 2.66. The summed E-state index contributed by atoms with van der Waals surface area (Å²) in [6.07, 6.45) is 1.48. The van der Waals surface area contributed by atoms with Crippen molar-refractivity contribution < 1.29 is 9.53 Å². The lowest BCUT2D eigenvalue weighted by Crippen LogP contribution is -2.32. The molecule has 0 atom stereocenters. The van der Waals surface area contributed by atoms with Crippen molar-refractivity contribution in [1.29, 1.82) is 0 Å². The fourth-order valence-electron chi connectivity index (χ4n) is 2.22. The number of benzene rings is 1. The summed E-state index contributed by atoms with van der Waals surface area (Å²) >= 11 is 0. The zero-order valence-corrected chi connectivity index (χ0v) is 14.6. The Balaban J connectivity index is 2.78. The Kier molecular flexibility index (Phi) is 6.49. The van der Waals surface area contributed by atoms with Crippen LogP contribution in [0, 0.1) is 18.8 Å². The fourth-order valence-corrected chi connectivity index (χ4v) is 2.22. The van der Waals surface area contributed by atoms with Crippen LogP contribution in [0.25, 0.3) is 0 Å². The second-order valence-electron chi connectivity index (χ2n) is 6.32. The maximum atomic E-state index is 11.6. The largest absolute Gasteiger partial charge is 0.444 e. The van der Waals surface area contributed by atoms with Crippen LogP contribution in [0.5, 0.6) is 0 Å². The normalized spacial score (nSPS) is 10.6. The van der Waals surface area contributed by atoms with Crippen molar-refractivity contribution in [3.05, 3.63) is 34.4 Å². The van der Waals surface area contributed by atoms with Crippen LogP contribution in [0.15, 0.2) is 12.1 Å².